The first-order valence-corrected chi connectivity index (χ1v) is 8.61. The fourth-order valence-electron chi connectivity index (χ4n) is 1.81. The molecule has 0 saturated heterocycles. The lowest BCUT2D eigenvalue weighted by molar-refractivity contribution is 0.466. The van der Waals surface area contributed by atoms with Crippen molar-refractivity contribution in [2.75, 3.05) is 0 Å². The maximum absolute atomic E-state index is 13.1. The molecule has 0 spiro atoms. The fourth-order valence-corrected chi connectivity index (χ4v) is 3.26. The largest absolute Gasteiger partial charge is 0.447 e. The van der Waals surface area contributed by atoms with Crippen molar-refractivity contribution in [3.05, 3.63) is 75.7 Å². The van der Waals surface area contributed by atoms with Gasteiger partial charge in [-0.3, -0.25) is 4.99 Å². The zero-order valence-electron chi connectivity index (χ0n) is 11.7. The van der Waals surface area contributed by atoms with Gasteiger partial charge in [0.15, 0.2) is 5.09 Å². The summed E-state index contributed by atoms with van der Waals surface area (Å²) in [6.07, 6.45) is 1.56. The van der Waals surface area contributed by atoms with E-state index in [0.29, 0.717) is 21.6 Å². The van der Waals surface area contributed by atoms with Gasteiger partial charge in [-0.25, -0.2) is 4.39 Å². The molecular weight excluding hydrogens is 401 g/mol. The first-order chi connectivity index (χ1) is 11.1. The molecule has 0 aliphatic heterocycles. The van der Waals surface area contributed by atoms with Crippen molar-refractivity contribution in [3.63, 3.8) is 0 Å². The van der Waals surface area contributed by atoms with Gasteiger partial charge in [0.25, 0.3) is 0 Å². The second kappa shape index (κ2) is 7.34. The number of rotatable bonds is 4. The van der Waals surface area contributed by atoms with Crippen molar-refractivity contribution >= 4 is 51.2 Å². The van der Waals surface area contributed by atoms with Crippen LogP contribution in [-0.2, 0) is 0 Å². The molecule has 0 fully saturated rings. The van der Waals surface area contributed by atoms with E-state index in [2.05, 4.69) is 20.9 Å². The zero-order chi connectivity index (χ0) is 16.2. The second-order valence-electron chi connectivity index (χ2n) is 4.58. The van der Waals surface area contributed by atoms with Crippen molar-refractivity contribution in [1.29, 1.82) is 0 Å². The quantitative estimate of drug-likeness (QED) is 0.445. The zero-order valence-corrected chi connectivity index (χ0v) is 14.8. The molecule has 0 bridgehead atoms. The molecule has 0 unspecified atom stereocenters. The molecule has 0 aliphatic rings. The van der Waals surface area contributed by atoms with Crippen LogP contribution in [0.5, 0.6) is 0 Å². The molecule has 1 heterocycles. The minimum absolute atomic E-state index is 0.320. The van der Waals surface area contributed by atoms with Crippen molar-refractivity contribution in [3.8, 4) is 0 Å². The number of hydrogen-bond donors (Lipinski definition) is 0. The van der Waals surface area contributed by atoms with Gasteiger partial charge in [-0.2, -0.15) is 0 Å². The third kappa shape index (κ3) is 4.47. The summed E-state index contributed by atoms with van der Waals surface area (Å²) in [5.41, 5.74) is 0.532. The van der Waals surface area contributed by atoms with Crippen molar-refractivity contribution in [1.82, 2.24) is 0 Å². The Balaban J connectivity index is 1.76. The van der Waals surface area contributed by atoms with Crippen LogP contribution >= 0.6 is 39.3 Å². The minimum Gasteiger partial charge on any atom is -0.447 e. The Labute approximate surface area is 150 Å². The van der Waals surface area contributed by atoms with Crippen LogP contribution in [0.1, 0.15) is 5.76 Å². The summed E-state index contributed by atoms with van der Waals surface area (Å²) in [5.74, 6) is 0.261. The van der Waals surface area contributed by atoms with Gasteiger partial charge in [0.1, 0.15) is 11.6 Å². The molecule has 1 aromatic heterocycles. The average Bonchev–Trinajstić information content (AvgIpc) is 2.88. The van der Waals surface area contributed by atoms with Gasteiger partial charge in [-0.05, 0) is 58.4 Å². The molecule has 0 atom stereocenters. The summed E-state index contributed by atoms with van der Waals surface area (Å²) < 4.78 is 19.7. The van der Waals surface area contributed by atoms with Crippen molar-refractivity contribution in [2.24, 2.45) is 4.99 Å². The summed E-state index contributed by atoms with van der Waals surface area (Å²) in [6.45, 7) is 0. The van der Waals surface area contributed by atoms with Gasteiger partial charge in [-0.1, -0.05) is 29.4 Å². The van der Waals surface area contributed by atoms with Crippen LogP contribution in [-0.4, -0.2) is 6.21 Å². The minimum atomic E-state index is -0.320. The second-order valence-corrected chi connectivity index (χ2v) is 6.92. The van der Waals surface area contributed by atoms with Gasteiger partial charge in [-0.15, -0.1) is 0 Å². The topological polar surface area (TPSA) is 25.5 Å². The lowest BCUT2D eigenvalue weighted by Gasteiger charge is -1.98. The van der Waals surface area contributed by atoms with E-state index >= 15 is 0 Å². The van der Waals surface area contributed by atoms with Gasteiger partial charge in [0.05, 0.1) is 16.4 Å². The normalized spacial score (nSPS) is 11.3. The van der Waals surface area contributed by atoms with Gasteiger partial charge in [0.2, 0.25) is 0 Å². The smallest absolute Gasteiger partial charge is 0.179 e. The van der Waals surface area contributed by atoms with Crippen LogP contribution < -0.4 is 0 Å². The summed E-state index contributed by atoms with van der Waals surface area (Å²) in [4.78, 5) is 5.22. The highest BCUT2D eigenvalue weighted by Crippen LogP contribution is 2.36. The number of furan rings is 1. The summed E-state index contributed by atoms with van der Waals surface area (Å²) in [6, 6.07) is 15.4. The van der Waals surface area contributed by atoms with Crippen LogP contribution in [0.2, 0.25) is 5.02 Å². The molecule has 0 N–H and O–H groups in total. The monoisotopic (exact) mass is 409 g/mol. The van der Waals surface area contributed by atoms with E-state index in [4.69, 9.17) is 16.0 Å². The lowest BCUT2D eigenvalue weighted by Crippen LogP contribution is -1.75. The maximum Gasteiger partial charge on any atom is 0.179 e. The Kier molecular flexibility index (Phi) is 5.20. The number of benzene rings is 2. The van der Waals surface area contributed by atoms with Crippen LogP contribution in [0.15, 0.2) is 78.5 Å². The van der Waals surface area contributed by atoms with Crippen LogP contribution in [0, 0.1) is 5.82 Å². The molecule has 23 heavy (non-hydrogen) atoms. The molecule has 2 aromatic carbocycles. The molecule has 0 saturated carbocycles. The van der Waals surface area contributed by atoms with Crippen molar-refractivity contribution < 1.29 is 8.81 Å². The SMILES string of the molecule is Fc1cccc(N=Cc2cc(Br)c(Sc3ccc(Cl)cc3)o2)c1. The molecule has 3 rings (SSSR count). The van der Waals surface area contributed by atoms with Gasteiger partial charge >= 0.3 is 0 Å². The number of hydrogen-bond acceptors (Lipinski definition) is 3. The van der Waals surface area contributed by atoms with Gasteiger partial charge in [0, 0.05) is 16.0 Å². The van der Waals surface area contributed by atoms with Crippen LogP contribution in [0.4, 0.5) is 10.1 Å². The molecule has 116 valence electrons. The maximum atomic E-state index is 13.1. The molecule has 0 aliphatic carbocycles. The fraction of sp³-hybridized carbons (Fsp3) is 0. The Hall–Kier alpha value is -1.56. The molecule has 2 nitrogen and oxygen atoms in total. The molecular formula is C17H10BrClFNOS. The lowest BCUT2D eigenvalue weighted by atomic mass is 10.3. The van der Waals surface area contributed by atoms with Crippen molar-refractivity contribution in [2.45, 2.75) is 9.99 Å². The average molecular weight is 411 g/mol. The van der Waals surface area contributed by atoms with E-state index in [9.17, 15) is 4.39 Å². The van der Waals surface area contributed by atoms with Gasteiger partial charge < -0.3 is 4.42 Å². The molecule has 6 heteroatoms. The number of aliphatic imine (C=N–C) groups is 1. The van der Waals surface area contributed by atoms with E-state index in [1.54, 1.807) is 18.3 Å². The van der Waals surface area contributed by atoms with E-state index in [-0.39, 0.29) is 5.82 Å². The number of nitrogens with zero attached hydrogens (tertiary/aromatic N) is 1. The highest BCUT2D eigenvalue weighted by atomic mass is 79.9. The van der Waals surface area contributed by atoms with Crippen LogP contribution in [0.3, 0.4) is 0 Å². The standard InChI is InChI=1S/C17H10BrClFNOS/c18-16-9-14(10-21-13-3-1-2-12(20)8-13)22-17(16)23-15-6-4-11(19)5-7-15/h1-10H. The van der Waals surface area contributed by atoms with E-state index in [0.717, 1.165) is 9.37 Å². The Morgan fingerprint density at radius 3 is 2.65 bits per heavy atom. The summed E-state index contributed by atoms with van der Waals surface area (Å²) in [7, 11) is 0. The molecule has 3 aromatic rings. The Morgan fingerprint density at radius 2 is 1.91 bits per heavy atom. The first-order valence-electron chi connectivity index (χ1n) is 6.62. The first kappa shape index (κ1) is 16.3. The van der Waals surface area contributed by atoms with Crippen LogP contribution in [0.25, 0.3) is 0 Å². The Bertz CT molecular complexity index is 848. The van der Waals surface area contributed by atoms with E-state index in [1.165, 1.54) is 23.9 Å². The third-order valence-corrected chi connectivity index (χ3v) is 4.95. The van der Waals surface area contributed by atoms with E-state index in [1.807, 2.05) is 30.3 Å². The number of halogens is 3. The Morgan fingerprint density at radius 1 is 1.13 bits per heavy atom. The summed E-state index contributed by atoms with van der Waals surface area (Å²) in [5, 5.41) is 1.41. The third-order valence-electron chi connectivity index (χ3n) is 2.85. The molecule has 0 amide bonds. The summed E-state index contributed by atoms with van der Waals surface area (Å²) >= 11 is 10.8. The highest BCUT2D eigenvalue weighted by Gasteiger charge is 2.09. The predicted molar refractivity (Wildman–Crippen MR) is 95.6 cm³/mol. The molecule has 0 radical (unpaired) electrons. The van der Waals surface area contributed by atoms with E-state index < -0.39 is 0 Å². The highest BCUT2D eigenvalue weighted by molar-refractivity contribution is 9.10. The predicted octanol–water partition coefficient (Wildman–Crippen LogP) is 6.74.